The molecule has 2 amide bonds. The van der Waals surface area contributed by atoms with Crippen molar-refractivity contribution in [2.45, 2.75) is 52.3 Å². The fourth-order valence-electron chi connectivity index (χ4n) is 5.28. The van der Waals surface area contributed by atoms with Crippen molar-refractivity contribution in [2.24, 2.45) is 0 Å². The van der Waals surface area contributed by atoms with Gasteiger partial charge in [0.05, 0.1) is 23.5 Å². The second-order valence-corrected chi connectivity index (χ2v) is 10.5. The van der Waals surface area contributed by atoms with Gasteiger partial charge in [-0.05, 0) is 56.5 Å². The third-order valence-corrected chi connectivity index (χ3v) is 7.72. The average Bonchev–Trinajstić information content (AvgIpc) is 3.50. The summed E-state index contributed by atoms with van der Waals surface area (Å²) < 4.78 is 7.42. The molecule has 4 aromatic rings. The molecule has 2 aliphatic rings. The molecular weight excluding hydrogens is 520 g/mol. The van der Waals surface area contributed by atoms with Crippen LogP contribution in [0.3, 0.4) is 0 Å². The molecule has 0 atom stereocenters. The Labute approximate surface area is 238 Å². The van der Waals surface area contributed by atoms with E-state index < -0.39 is 6.09 Å². The standard InChI is InChI=1S/C30H32N8O3/c1-18(2)36(4)27-15-20-21(23(33-27)17-41-30(40)31-3)16-37(29(20)39)25-13-8-11-22(32-25)28-35-34-26-14-7-10-19-9-5-6-12-24(19)38(26)28/h5-6,8-9,11-13,15,18H,7,10,14,16-17H2,1-4H3,(H,31,40). The quantitative estimate of drug-likeness (QED) is 0.380. The maximum absolute atomic E-state index is 13.8. The third kappa shape index (κ3) is 4.77. The molecule has 0 bridgehead atoms. The van der Waals surface area contributed by atoms with Crippen molar-refractivity contribution in [1.29, 1.82) is 0 Å². The smallest absolute Gasteiger partial charge is 0.407 e. The summed E-state index contributed by atoms with van der Waals surface area (Å²) in [6.45, 7) is 4.30. The molecule has 0 fully saturated rings. The predicted octanol–water partition coefficient (Wildman–Crippen LogP) is 4.07. The van der Waals surface area contributed by atoms with E-state index in [1.54, 1.807) is 11.0 Å². The van der Waals surface area contributed by atoms with Crippen molar-refractivity contribution >= 4 is 23.6 Å². The Morgan fingerprint density at radius 2 is 1.93 bits per heavy atom. The normalized spacial score (nSPS) is 13.9. The predicted molar refractivity (Wildman–Crippen MR) is 154 cm³/mol. The monoisotopic (exact) mass is 552 g/mol. The number of aryl methyl sites for hydroxylation is 2. The number of anilines is 2. The van der Waals surface area contributed by atoms with Crippen molar-refractivity contribution < 1.29 is 14.3 Å². The molecule has 1 N–H and O–H groups in total. The van der Waals surface area contributed by atoms with Gasteiger partial charge in [-0.1, -0.05) is 24.3 Å². The molecule has 3 aromatic heterocycles. The van der Waals surface area contributed by atoms with Crippen molar-refractivity contribution in [1.82, 2.24) is 30.0 Å². The van der Waals surface area contributed by atoms with Crippen LogP contribution in [0, 0.1) is 0 Å². The Bertz CT molecular complexity index is 1650. The number of amides is 2. The number of para-hydroxylation sites is 1. The van der Waals surface area contributed by atoms with Crippen LogP contribution >= 0.6 is 0 Å². The lowest BCUT2D eigenvalue weighted by molar-refractivity contribution is 0.0996. The van der Waals surface area contributed by atoms with Gasteiger partial charge in [0, 0.05) is 32.1 Å². The van der Waals surface area contributed by atoms with Gasteiger partial charge < -0.3 is 15.0 Å². The molecule has 0 aliphatic carbocycles. The van der Waals surface area contributed by atoms with Crippen LogP contribution in [-0.4, -0.2) is 56.9 Å². The summed E-state index contributed by atoms with van der Waals surface area (Å²) in [7, 11) is 3.42. The zero-order valence-electron chi connectivity index (χ0n) is 23.6. The zero-order chi connectivity index (χ0) is 28.7. The van der Waals surface area contributed by atoms with Crippen LogP contribution in [-0.2, 0) is 30.7 Å². The van der Waals surface area contributed by atoms with E-state index >= 15 is 0 Å². The number of pyridine rings is 2. The third-order valence-electron chi connectivity index (χ3n) is 7.72. The van der Waals surface area contributed by atoms with E-state index in [9.17, 15) is 9.59 Å². The second-order valence-electron chi connectivity index (χ2n) is 10.5. The van der Waals surface area contributed by atoms with Crippen LogP contribution in [0.25, 0.3) is 17.2 Å². The van der Waals surface area contributed by atoms with Gasteiger partial charge in [-0.2, -0.15) is 0 Å². The summed E-state index contributed by atoms with van der Waals surface area (Å²) >= 11 is 0. The van der Waals surface area contributed by atoms with Crippen molar-refractivity contribution in [3.63, 3.8) is 0 Å². The van der Waals surface area contributed by atoms with Crippen molar-refractivity contribution in [3.05, 3.63) is 76.7 Å². The number of alkyl carbamates (subject to hydrolysis) is 1. The van der Waals surface area contributed by atoms with Gasteiger partial charge in [-0.25, -0.2) is 14.8 Å². The minimum atomic E-state index is -0.562. The molecule has 6 rings (SSSR count). The Hall–Kier alpha value is -4.80. The molecule has 5 heterocycles. The highest BCUT2D eigenvalue weighted by Crippen LogP contribution is 2.34. The highest BCUT2D eigenvalue weighted by Gasteiger charge is 2.34. The van der Waals surface area contributed by atoms with Crippen molar-refractivity contribution in [2.75, 3.05) is 23.9 Å². The molecule has 0 radical (unpaired) electrons. The molecule has 2 aliphatic heterocycles. The number of nitrogens with zero attached hydrogens (tertiary/aromatic N) is 7. The number of carbonyl (C=O) groups is 2. The van der Waals surface area contributed by atoms with Gasteiger partial charge in [0.15, 0.2) is 5.82 Å². The second kappa shape index (κ2) is 10.6. The van der Waals surface area contributed by atoms with E-state index in [0.29, 0.717) is 34.4 Å². The first-order valence-corrected chi connectivity index (χ1v) is 13.8. The fraction of sp³-hybridized carbons (Fsp3) is 0.333. The molecular formula is C30H32N8O3. The highest BCUT2D eigenvalue weighted by molar-refractivity contribution is 6.10. The van der Waals surface area contributed by atoms with Crippen LogP contribution in [0.2, 0.25) is 0 Å². The number of carbonyl (C=O) groups excluding carboxylic acids is 2. The number of rotatable bonds is 6. The Kier molecular flexibility index (Phi) is 6.86. The van der Waals surface area contributed by atoms with Gasteiger partial charge in [0.2, 0.25) is 0 Å². The summed E-state index contributed by atoms with van der Waals surface area (Å²) in [4.78, 5) is 38.9. The Morgan fingerprint density at radius 1 is 1.10 bits per heavy atom. The SMILES string of the molecule is CNC(=O)OCc1nc(N(C)C(C)C)cc2c1CN(c1cccc(-c3nnc4n3-c3ccccc3CCC4)n1)C2=O. The Balaban J connectivity index is 1.38. The minimum Gasteiger partial charge on any atom is -0.443 e. The number of aromatic nitrogens is 5. The molecule has 11 heteroatoms. The summed E-state index contributed by atoms with van der Waals surface area (Å²) in [5.41, 5.74) is 4.72. The number of ether oxygens (including phenoxy) is 1. The number of fused-ring (bicyclic) bond motifs is 4. The van der Waals surface area contributed by atoms with E-state index in [0.717, 1.165) is 36.3 Å². The number of benzene rings is 1. The van der Waals surface area contributed by atoms with E-state index in [1.165, 1.54) is 12.6 Å². The molecule has 0 saturated heterocycles. The average molecular weight is 553 g/mol. The van der Waals surface area contributed by atoms with E-state index in [2.05, 4.69) is 38.3 Å². The molecule has 0 saturated carbocycles. The van der Waals surface area contributed by atoms with Gasteiger partial charge in [-0.15, -0.1) is 10.2 Å². The van der Waals surface area contributed by atoms with Gasteiger partial charge in [0.25, 0.3) is 5.91 Å². The van der Waals surface area contributed by atoms with Crippen LogP contribution in [0.4, 0.5) is 16.4 Å². The maximum Gasteiger partial charge on any atom is 0.407 e. The van der Waals surface area contributed by atoms with Crippen LogP contribution in [0.15, 0.2) is 48.5 Å². The van der Waals surface area contributed by atoms with E-state index in [1.807, 2.05) is 50.1 Å². The van der Waals surface area contributed by atoms with Gasteiger partial charge in [-0.3, -0.25) is 14.3 Å². The summed E-state index contributed by atoms with van der Waals surface area (Å²) in [5, 5.41) is 11.5. The fourth-order valence-corrected chi connectivity index (χ4v) is 5.28. The highest BCUT2D eigenvalue weighted by atomic mass is 16.5. The topological polar surface area (TPSA) is 118 Å². The zero-order valence-corrected chi connectivity index (χ0v) is 23.6. The lowest BCUT2D eigenvalue weighted by atomic mass is 10.1. The molecule has 41 heavy (non-hydrogen) atoms. The van der Waals surface area contributed by atoms with Crippen molar-refractivity contribution in [3.8, 4) is 17.2 Å². The molecule has 11 nitrogen and oxygen atoms in total. The molecule has 210 valence electrons. The molecule has 1 aromatic carbocycles. The van der Waals surface area contributed by atoms with Gasteiger partial charge >= 0.3 is 6.09 Å². The van der Waals surface area contributed by atoms with Crippen LogP contribution in [0.5, 0.6) is 0 Å². The minimum absolute atomic E-state index is 0.0539. The first kappa shape index (κ1) is 26.4. The van der Waals surface area contributed by atoms with Gasteiger partial charge in [0.1, 0.15) is 29.8 Å². The van der Waals surface area contributed by atoms with E-state index in [4.69, 9.17) is 14.7 Å². The maximum atomic E-state index is 13.8. The molecule has 0 spiro atoms. The Morgan fingerprint density at radius 3 is 2.73 bits per heavy atom. The number of hydrogen-bond donors (Lipinski definition) is 1. The molecule has 0 unspecified atom stereocenters. The lowest BCUT2D eigenvalue weighted by Crippen LogP contribution is -2.27. The van der Waals surface area contributed by atoms with Crippen LogP contribution < -0.4 is 15.1 Å². The largest absolute Gasteiger partial charge is 0.443 e. The summed E-state index contributed by atoms with van der Waals surface area (Å²) in [6.07, 6.45) is 2.23. The first-order chi connectivity index (χ1) is 19.9. The number of nitrogens with one attached hydrogen (secondary N) is 1. The lowest BCUT2D eigenvalue weighted by Gasteiger charge is -2.23. The summed E-state index contributed by atoms with van der Waals surface area (Å²) in [6, 6.07) is 15.8. The van der Waals surface area contributed by atoms with Crippen LogP contribution in [0.1, 0.15) is 53.3 Å². The number of hydrogen-bond acceptors (Lipinski definition) is 8. The van der Waals surface area contributed by atoms with E-state index in [-0.39, 0.29) is 25.1 Å². The summed E-state index contributed by atoms with van der Waals surface area (Å²) in [5.74, 6) is 2.49. The first-order valence-electron chi connectivity index (χ1n) is 13.8.